The monoisotopic (exact) mass is 335 g/mol. The van der Waals surface area contributed by atoms with Gasteiger partial charge in [-0.25, -0.2) is 0 Å². The lowest BCUT2D eigenvalue weighted by molar-refractivity contribution is -0.114. The van der Waals surface area contributed by atoms with Gasteiger partial charge in [0.25, 0.3) is 5.91 Å². The molecule has 0 radical (unpaired) electrons. The largest absolute Gasteiger partial charge is 0.358 e. The van der Waals surface area contributed by atoms with Crippen LogP contribution in [0.15, 0.2) is 36.4 Å². The van der Waals surface area contributed by atoms with E-state index in [4.69, 9.17) is 0 Å². The quantitative estimate of drug-likeness (QED) is 0.667. The van der Waals surface area contributed by atoms with Gasteiger partial charge >= 0.3 is 0 Å². The lowest BCUT2D eigenvalue weighted by atomic mass is 10.1. The molecule has 0 saturated carbocycles. The highest BCUT2D eigenvalue weighted by Gasteiger charge is 2.15. The van der Waals surface area contributed by atoms with Crippen LogP contribution in [0.2, 0.25) is 0 Å². The molecule has 0 aliphatic rings. The summed E-state index contributed by atoms with van der Waals surface area (Å²) >= 11 is 0. The number of carbonyl (C=O) groups excluding carboxylic acids is 2. The molecular formula is C20H21N3O2. The molecular weight excluding hydrogens is 314 g/mol. The summed E-state index contributed by atoms with van der Waals surface area (Å²) in [4.78, 5) is 27.3. The molecule has 25 heavy (non-hydrogen) atoms. The second kappa shape index (κ2) is 6.43. The Morgan fingerprint density at radius 2 is 1.76 bits per heavy atom. The fourth-order valence-corrected chi connectivity index (χ4v) is 2.90. The number of nitrogens with one attached hydrogen (secondary N) is 3. The number of anilines is 2. The molecule has 2 aromatic carbocycles. The van der Waals surface area contributed by atoms with Crippen molar-refractivity contribution in [1.82, 2.24) is 4.98 Å². The topological polar surface area (TPSA) is 74.0 Å². The van der Waals surface area contributed by atoms with Gasteiger partial charge in [-0.2, -0.15) is 0 Å². The Balaban J connectivity index is 1.95. The van der Waals surface area contributed by atoms with E-state index >= 15 is 0 Å². The van der Waals surface area contributed by atoms with Gasteiger partial charge in [-0.3, -0.25) is 9.59 Å². The second-order valence-corrected chi connectivity index (χ2v) is 6.27. The highest BCUT2D eigenvalue weighted by atomic mass is 16.2. The lowest BCUT2D eigenvalue weighted by Gasteiger charge is -2.11. The summed E-state index contributed by atoms with van der Waals surface area (Å²) in [6, 6.07) is 11.1. The van der Waals surface area contributed by atoms with E-state index in [2.05, 4.69) is 15.6 Å². The average Bonchev–Trinajstić information content (AvgIpc) is 2.85. The predicted molar refractivity (Wildman–Crippen MR) is 101 cm³/mol. The molecule has 3 rings (SSSR count). The van der Waals surface area contributed by atoms with Crippen LogP contribution in [0.1, 0.15) is 34.1 Å². The Morgan fingerprint density at radius 3 is 2.48 bits per heavy atom. The van der Waals surface area contributed by atoms with E-state index in [1.807, 2.05) is 45.0 Å². The van der Waals surface area contributed by atoms with E-state index in [0.29, 0.717) is 16.9 Å². The van der Waals surface area contributed by atoms with Gasteiger partial charge in [0.2, 0.25) is 5.91 Å². The van der Waals surface area contributed by atoms with Crippen LogP contribution in [0.3, 0.4) is 0 Å². The Morgan fingerprint density at radius 1 is 1.00 bits per heavy atom. The van der Waals surface area contributed by atoms with Crippen LogP contribution < -0.4 is 10.6 Å². The van der Waals surface area contributed by atoms with Crippen molar-refractivity contribution in [3.8, 4) is 0 Å². The van der Waals surface area contributed by atoms with Gasteiger partial charge in [0.15, 0.2) is 0 Å². The highest BCUT2D eigenvalue weighted by Crippen LogP contribution is 2.26. The predicted octanol–water partition coefficient (Wildman–Crippen LogP) is 4.30. The maximum absolute atomic E-state index is 12.8. The lowest BCUT2D eigenvalue weighted by Crippen LogP contribution is -2.14. The number of aryl methyl sites for hydroxylation is 3. The molecule has 0 bridgehead atoms. The Labute approximate surface area is 146 Å². The Bertz CT molecular complexity index is 986. The number of aromatic nitrogens is 1. The smallest absolute Gasteiger partial charge is 0.257 e. The van der Waals surface area contributed by atoms with Gasteiger partial charge in [-0.1, -0.05) is 18.2 Å². The summed E-state index contributed by atoms with van der Waals surface area (Å²) in [6.07, 6.45) is 0. The number of aromatic amines is 1. The van der Waals surface area contributed by atoms with Crippen LogP contribution in [0.4, 0.5) is 11.4 Å². The van der Waals surface area contributed by atoms with Gasteiger partial charge in [0, 0.05) is 29.4 Å². The van der Waals surface area contributed by atoms with Crippen molar-refractivity contribution in [3.63, 3.8) is 0 Å². The Hall–Kier alpha value is -3.08. The number of fused-ring (bicyclic) bond motifs is 1. The molecule has 3 aromatic rings. The molecule has 0 fully saturated rings. The third-order valence-corrected chi connectivity index (χ3v) is 4.39. The maximum Gasteiger partial charge on any atom is 0.257 e. The van der Waals surface area contributed by atoms with E-state index in [0.717, 1.165) is 27.7 Å². The third-order valence-electron chi connectivity index (χ3n) is 4.39. The molecule has 0 unspecified atom stereocenters. The van der Waals surface area contributed by atoms with Crippen LogP contribution in [0.5, 0.6) is 0 Å². The number of hydrogen-bond acceptors (Lipinski definition) is 2. The molecule has 1 aromatic heterocycles. The summed E-state index contributed by atoms with van der Waals surface area (Å²) < 4.78 is 0. The normalized spacial score (nSPS) is 10.7. The first-order chi connectivity index (χ1) is 11.9. The fourth-order valence-electron chi connectivity index (χ4n) is 2.90. The summed E-state index contributed by atoms with van der Waals surface area (Å²) in [5.74, 6) is -0.335. The van der Waals surface area contributed by atoms with E-state index in [9.17, 15) is 9.59 Å². The van der Waals surface area contributed by atoms with Gasteiger partial charge in [0.05, 0.1) is 11.1 Å². The Kier molecular flexibility index (Phi) is 4.31. The van der Waals surface area contributed by atoms with Gasteiger partial charge in [-0.05, 0) is 50.1 Å². The molecule has 0 spiro atoms. The molecule has 1 heterocycles. The summed E-state index contributed by atoms with van der Waals surface area (Å²) in [6.45, 7) is 7.40. The van der Waals surface area contributed by atoms with Gasteiger partial charge in [-0.15, -0.1) is 0 Å². The van der Waals surface area contributed by atoms with Crippen molar-refractivity contribution < 1.29 is 9.59 Å². The van der Waals surface area contributed by atoms with Crippen molar-refractivity contribution in [3.05, 3.63) is 58.8 Å². The van der Waals surface area contributed by atoms with Crippen molar-refractivity contribution in [2.45, 2.75) is 27.7 Å². The molecule has 5 nitrogen and oxygen atoms in total. The summed E-state index contributed by atoms with van der Waals surface area (Å²) in [5.41, 5.74) is 5.89. The number of benzene rings is 2. The first kappa shape index (κ1) is 16.8. The number of rotatable bonds is 3. The highest BCUT2D eigenvalue weighted by molar-refractivity contribution is 6.13. The van der Waals surface area contributed by atoms with Crippen LogP contribution in [-0.4, -0.2) is 16.8 Å². The number of carbonyl (C=O) groups is 2. The minimum absolute atomic E-state index is 0.150. The van der Waals surface area contributed by atoms with Crippen molar-refractivity contribution in [2.75, 3.05) is 10.6 Å². The zero-order valence-electron chi connectivity index (χ0n) is 14.8. The van der Waals surface area contributed by atoms with Crippen molar-refractivity contribution in [1.29, 1.82) is 0 Å². The minimum Gasteiger partial charge on any atom is -0.358 e. The maximum atomic E-state index is 12.8. The third kappa shape index (κ3) is 3.26. The standard InChI is InChI=1S/C20H21N3O2/c1-11-8-9-15(22-14(4)24)10-18(11)23-20(25)17-7-5-6-16-12(2)13(3)21-19(16)17/h5-10,21H,1-4H3,(H,22,24)(H,23,25). The van der Waals surface area contributed by atoms with Crippen LogP contribution in [-0.2, 0) is 4.79 Å². The van der Waals surface area contributed by atoms with Gasteiger partial charge < -0.3 is 15.6 Å². The number of hydrogen-bond donors (Lipinski definition) is 3. The van der Waals surface area contributed by atoms with E-state index in [1.54, 1.807) is 12.1 Å². The fraction of sp³-hybridized carbons (Fsp3) is 0.200. The van der Waals surface area contributed by atoms with E-state index < -0.39 is 0 Å². The molecule has 0 atom stereocenters. The summed E-state index contributed by atoms with van der Waals surface area (Å²) in [7, 11) is 0. The SMILES string of the molecule is CC(=O)Nc1ccc(C)c(NC(=O)c2cccc3c(C)c(C)[nH]c23)c1. The van der Waals surface area contributed by atoms with Gasteiger partial charge in [0.1, 0.15) is 0 Å². The molecule has 0 aliphatic heterocycles. The zero-order valence-corrected chi connectivity index (χ0v) is 14.8. The first-order valence-corrected chi connectivity index (χ1v) is 8.14. The first-order valence-electron chi connectivity index (χ1n) is 8.14. The summed E-state index contributed by atoms with van der Waals surface area (Å²) in [5, 5.41) is 6.73. The van der Waals surface area contributed by atoms with Crippen molar-refractivity contribution in [2.24, 2.45) is 0 Å². The van der Waals surface area contributed by atoms with Crippen LogP contribution in [0.25, 0.3) is 10.9 Å². The number of amides is 2. The molecule has 0 aliphatic carbocycles. The molecule has 128 valence electrons. The number of H-pyrrole nitrogens is 1. The zero-order chi connectivity index (χ0) is 18.1. The van der Waals surface area contributed by atoms with E-state index in [-0.39, 0.29) is 11.8 Å². The number of para-hydroxylation sites is 1. The minimum atomic E-state index is -0.185. The molecule has 2 amide bonds. The van der Waals surface area contributed by atoms with Crippen molar-refractivity contribution >= 4 is 34.1 Å². The second-order valence-electron chi connectivity index (χ2n) is 6.27. The molecule has 5 heteroatoms. The van der Waals surface area contributed by atoms with Crippen LogP contribution >= 0.6 is 0 Å². The molecule has 3 N–H and O–H groups in total. The molecule has 0 saturated heterocycles. The average molecular weight is 335 g/mol. The van der Waals surface area contributed by atoms with E-state index in [1.165, 1.54) is 6.92 Å². The van der Waals surface area contributed by atoms with Crippen LogP contribution in [0, 0.1) is 20.8 Å².